The van der Waals surface area contributed by atoms with Gasteiger partial charge in [-0.05, 0) is 55.8 Å². The number of phenolic OH excluding ortho intramolecular Hbond substituents is 1. The van der Waals surface area contributed by atoms with Crippen molar-refractivity contribution in [2.75, 3.05) is 39.4 Å². The van der Waals surface area contributed by atoms with Gasteiger partial charge in [-0.1, -0.05) is 12.1 Å². The van der Waals surface area contributed by atoms with E-state index >= 15 is 0 Å². The molecule has 4 rings (SSSR count). The number of Topliss-reactive ketones (excluding diaryl/α,β-unsaturated/α-hetero) is 1. The minimum absolute atomic E-state index is 0.00185. The van der Waals surface area contributed by atoms with E-state index in [1.807, 2.05) is 13.8 Å². The van der Waals surface area contributed by atoms with Crippen LogP contribution in [0.1, 0.15) is 31.0 Å². The van der Waals surface area contributed by atoms with E-state index in [1.54, 1.807) is 36.4 Å². The minimum atomic E-state index is -0.806. The number of aromatic hydroxyl groups is 1. The molecule has 2 saturated heterocycles. The number of carbonyl (C=O) groups excluding carboxylic acids is 2. The molecule has 8 nitrogen and oxygen atoms in total. The van der Waals surface area contributed by atoms with Crippen molar-refractivity contribution in [2.24, 2.45) is 0 Å². The van der Waals surface area contributed by atoms with Gasteiger partial charge in [0.15, 0.2) is 0 Å². The number of nitrogens with zero attached hydrogens (tertiary/aromatic N) is 2. The van der Waals surface area contributed by atoms with E-state index in [4.69, 9.17) is 9.47 Å². The molecule has 0 bridgehead atoms. The zero-order valence-electron chi connectivity index (χ0n) is 19.4. The predicted molar refractivity (Wildman–Crippen MR) is 127 cm³/mol. The lowest BCUT2D eigenvalue weighted by molar-refractivity contribution is -0.140. The summed E-state index contributed by atoms with van der Waals surface area (Å²) in [6, 6.07) is 12.4. The van der Waals surface area contributed by atoms with Crippen LogP contribution in [0.15, 0.2) is 54.1 Å². The molecule has 0 unspecified atom stereocenters. The molecule has 0 saturated carbocycles. The maximum atomic E-state index is 13.1. The van der Waals surface area contributed by atoms with Gasteiger partial charge in [0.05, 0.1) is 30.9 Å². The first-order chi connectivity index (χ1) is 16.3. The normalized spacial score (nSPS) is 20.8. The van der Waals surface area contributed by atoms with Gasteiger partial charge < -0.3 is 24.6 Å². The summed E-state index contributed by atoms with van der Waals surface area (Å²) in [7, 11) is 0. The van der Waals surface area contributed by atoms with Gasteiger partial charge in [0.25, 0.3) is 11.7 Å². The van der Waals surface area contributed by atoms with Crippen LogP contribution in [0.2, 0.25) is 0 Å². The van der Waals surface area contributed by atoms with E-state index in [-0.39, 0.29) is 23.2 Å². The Balaban J connectivity index is 1.70. The third-order valence-electron chi connectivity index (χ3n) is 5.99. The SMILES string of the molecule is CC(C)Oc1ccc(/C(O)=C2\C(=O)C(=O)N(CCN3CCOCC3)[C@H]2c2cccc(O)c2)cc1. The topological polar surface area (TPSA) is 99.5 Å². The first-order valence-electron chi connectivity index (χ1n) is 11.5. The van der Waals surface area contributed by atoms with E-state index in [0.717, 1.165) is 13.1 Å². The summed E-state index contributed by atoms with van der Waals surface area (Å²) in [6.45, 7) is 7.49. The number of morpholine rings is 1. The molecule has 2 N–H and O–H groups in total. The molecule has 0 spiro atoms. The molecule has 2 aliphatic rings. The molecule has 2 heterocycles. The molecule has 0 aliphatic carbocycles. The highest BCUT2D eigenvalue weighted by Crippen LogP contribution is 2.40. The second-order valence-electron chi connectivity index (χ2n) is 8.73. The van der Waals surface area contributed by atoms with Gasteiger partial charge in [0, 0.05) is 31.7 Å². The summed E-state index contributed by atoms with van der Waals surface area (Å²) in [4.78, 5) is 29.9. The fraction of sp³-hybridized carbons (Fsp3) is 0.385. The number of phenols is 1. The number of rotatable bonds is 7. The smallest absolute Gasteiger partial charge is 0.295 e. The fourth-order valence-corrected chi connectivity index (χ4v) is 4.35. The number of benzene rings is 2. The average Bonchev–Trinajstić information content (AvgIpc) is 3.08. The van der Waals surface area contributed by atoms with Crippen molar-refractivity contribution in [3.8, 4) is 11.5 Å². The van der Waals surface area contributed by atoms with Gasteiger partial charge in [-0.15, -0.1) is 0 Å². The number of hydrogen-bond acceptors (Lipinski definition) is 7. The van der Waals surface area contributed by atoms with Gasteiger partial charge in [0.2, 0.25) is 0 Å². The molecule has 1 amide bonds. The van der Waals surface area contributed by atoms with Gasteiger partial charge >= 0.3 is 0 Å². The van der Waals surface area contributed by atoms with Crippen LogP contribution in [0.5, 0.6) is 11.5 Å². The van der Waals surface area contributed by atoms with Crippen LogP contribution < -0.4 is 4.74 Å². The highest BCUT2D eigenvalue weighted by Gasteiger charge is 2.46. The molecule has 34 heavy (non-hydrogen) atoms. The molecule has 180 valence electrons. The van der Waals surface area contributed by atoms with E-state index in [9.17, 15) is 19.8 Å². The Morgan fingerprint density at radius 2 is 1.79 bits per heavy atom. The summed E-state index contributed by atoms with van der Waals surface area (Å²) in [5, 5.41) is 21.2. The van der Waals surface area contributed by atoms with Crippen molar-refractivity contribution in [1.82, 2.24) is 9.80 Å². The number of hydrogen-bond donors (Lipinski definition) is 2. The summed E-state index contributed by atoms with van der Waals surface area (Å²) >= 11 is 0. The minimum Gasteiger partial charge on any atom is -0.508 e. The molecule has 2 fully saturated rings. The highest BCUT2D eigenvalue weighted by atomic mass is 16.5. The maximum absolute atomic E-state index is 13.1. The number of likely N-dealkylation sites (tertiary alicyclic amines) is 1. The molecule has 1 atom stereocenters. The molecule has 8 heteroatoms. The van der Waals surface area contributed by atoms with Crippen LogP contribution in [0.25, 0.3) is 5.76 Å². The molecule has 2 aliphatic heterocycles. The monoisotopic (exact) mass is 466 g/mol. The molecule has 2 aromatic rings. The van der Waals surface area contributed by atoms with E-state index in [0.29, 0.717) is 43.2 Å². The third-order valence-corrected chi connectivity index (χ3v) is 5.99. The molecular formula is C26H30N2O6. The Kier molecular flexibility index (Phi) is 7.19. The molecule has 0 aromatic heterocycles. The van der Waals surface area contributed by atoms with Crippen LogP contribution in [0.3, 0.4) is 0 Å². The first-order valence-corrected chi connectivity index (χ1v) is 11.5. The average molecular weight is 467 g/mol. The van der Waals surface area contributed by atoms with Crippen LogP contribution in [-0.2, 0) is 14.3 Å². The number of aliphatic hydroxyl groups excluding tert-OH is 1. The second kappa shape index (κ2) is 10.3. The Labute approximate surface area is 199 Å². The van der Waals surface area contributed by atoms with Crippen molar-refractivity contribution in [3.63, 3.8) is 0 Å². The van der Waals surface area contributed by atoms with Crippen LogP contribution in [0.4, 0.5) is 0 Å². The van der Waals surface area contributed by atoms with Crippen LogP contribution in [0, 0.1) is 0 Å². The number of ketones is 1. The summed E-state index contributed by atoms with van der Waals surface area (Å²) < 4.78 is 11.0. The number of ether oxygens (including phenoxy) is 2. The van der Waals surface area contributed by atoms with Crippen LogP contribution in [-0.4, -0.2) is 77.2 Å². The Hall–Kier alpha value is -3.36. The van der Waals surface area contributed by atoms with Crippen molar-refractivity contribution < 1.29 is 29.3 Å². The quantitative estimate of drug-likeness (QED) is 0.368. The maximum Gasteiger partial charge on any atom is 0.295 e. The van der Waals surface area contributed by atoms with E-state index < -0.39 is 17.7 Å². The summed E-state index contributed by atoms with van der Waals surface area (Å²) in [6.07, 6.45) is 0.00185. The van der Waals surface area contributed by atoms with E-state index in [1.165, 1.54) is 17.0 Å². The third kappa shape index (κ3) is 5.08. The Bertz CT molecular complexity index is 1070. The van der Waals surface area contributed by atoms with Gasteiger partial charge in [0.1, 0.15) is 17.3 Å². The lowest BCUT2D eigenvalue weighted by Crippen LogP contribution is -2.42. The van der Waals surface area contributed by atoms with Crippen molar-refractivity contribution in [2.45, 2.75) is 26.0 Å². The number of amides is 1. The lowest BCUT2D eigenvalue weighted by Gasteiger charge is -2.31. The predicted octanol–water partition coefficient (Wildman–Crippen LogP) is 2.93. The van der Waals surface area contributed by atoms with Crippen molar-refractivity contribution >= 4 is 17.4 Å². The van der Waals surface area contributed by atoms with Gasteiger partial charge in [-0.25, -0.2) is 0 Å². The van der Waals surface area contributed by atoms with Gasteiger partial charge in [-0.3, -0.25) is 14.5 Å². The molecular weight excluding hydrogens is 436 g/mol. The molecule has 0 radical (unpaired) electrons. The van der Waals surface area contributed by atoms with Crippen molar-refractivity contribution in [1.29, 1.82) is 0 Å². The lowest BCUT2D eigenvalue weighted by atomic mass is 9.95. The fourth-order valence-electron chi connectivity index (χ4n) is 4.35. The highest BCUT2D eigenvalue weighted by molar-refractivity contribution is 6.46. The second-order valence-corrected chi connectivity index (χ2v) is 8.73. The Morgan fingerprint density at radius 1 is 1.09 bits per heavy atom. The van der Waals surface area contributed by atoms with E-state index in [2.05, 4.69) is 4.90 Å². The summed E-state index contributed by atoms with van der Waals surface area (Å²) in [5.41, 5.74) is 0.977. The van der Waals surface area contributed by atoms with Crippen molar-refractivity contribution in [3.05, 3.63) is 65.2 Å². The zero-order valence-corrected chi connectivity index (χ0v) is 19.4. The molecule has 2 aromatic carbocycles. The zero-order chi connectivity index (χ0) is 24.2. The van der Waals surface area contributed by atoms with Crippen LogP contribution >= 0.6 is 0 Å². The largest absolute Gasteiger partial charge is 0.508 e. The number of carbonyl (C=O) groups is 2. The summed E-state index contributed by atoms with van der Waals surface area (Å²) in [5.74, 6) is -0.997. The first kappa shape index (κ1) is 23.8. The Morgan fingerprint density at radius 3 is 2.44 bits per heavy atom. The standard InChI is InChI=1S/C26H30N2O6/c1-17(2)34-21-8-6-18(7-9-21)24(30)22-23(19-4-3-5-20(29)16-19)28(26(32)25(22)31)11-10-27-12-14-33-15-13-27/h3-9,16-17,23,29-30H,10-15H2,1-2H3/b24-22+/t23-/m0/s1. The number of aliphatic hydroxyl groups is 1. The van der Waals surface area contributed by atoms with Gasteiger partial charge in [-0.2, -0.15) is 0 Å².